The zero-order chi connectivity index (χ0) is 17.1. The lowest BCUT2D eigenvalue weighted by Gasteiger charge is -2.07. The topological polar surface area (TPSA) is 63.9 Å². The van der Waals surface area contributed by atoms with Crippen LogP contribution in [0.15, 0.2) is 72.9 Å². The number of hydrogen-bond donors (Lipinski definition) is 2. The molecule has 0 aliphatic heterocycles. The molecule has 4 aromatic rings. The monoisotopic (exact) mass is 329 g/mol. The van der Waals surface area contributed by atoms with E-state index < -0.39 is 0 Å². The van der Waals surface area contributed by atoms with Gasteiger partial charge in [-0.3, -0.25) is 0 Å². The van der Waals surface area contributed by atoms with Gasteiger partial charge >= 0.3 is 0 Å². The summed E-state index contributed by atoms with van der Waals surface area (Å²) < 4.78 is 5.74. The average Bonchev–Trinajstić information content (AvgIpc) is 3.10. The summed E-state index contributed by atoms with van der Waals surface area (Å²) in [7, 11) is 0. The van der Waals surface area contributed by atoms with Crippen LogP contribution in [0.5, 0.6) is 5.88 Å². The number of aromatic nitrogens is 2. The first-order valence-corrected chi connectivity index (χ1v) is 8.27. The number of fused-ring (bicyclic) bond motifs is 1. The highest BCUT2D eigenvalue weighted by atomic mass is 16.5. The van der Waals surface area contributed by atoms with Crippen molar-refractivity contribution < 1.29 is 4.74 Å². The molecule has 0 aliphatic rings. The maximum Gasteiger partial charge on any atom is 0.213 e. The van der Waals surface area contributed by atoms with Crippen molar-refractivity contribution in [3.63, 3.8) is 0 Å². The Balaban J connectivity index is 1.51. The number of hydrogen-bond acceptors (Lipinski definition) is 3. The first-order chi connectivity index (χ1) is 12.3. The van der Waals surface area contributed by atoms with Crippen LogP contribution >= 0.6 is 0 Å². The summed E-state index contributed by atoms with van der Waals surface area (Å²) in [5, 5.41) is 1.15. The third-order valence-electron chi connectivity index (χ3n) is 4.20. The molecule has 0 unspecified atom stereocenters. The molecule has 0 atom stereocenters. The van der Waals surface area contributed by atoms with Crippen molar-refractivity contribution in [2.24, 2.45) is 5.73 Å². The first-order valence-electron chi connectivity index (χ1n) is 8.27. The van der Waals surface area contributed by atoms with E-state index in [4.69, 9.17) is 10.5 Å². The summed E-state index contributed by atoms with van der Waals surface area (Å²) in [6, 6.07) is 22.4. The fraction of sp³-hybridized carbons (Fsp3) is 0.0952. The van der Waals surface area contributed by atoms with Gasteiger partial charge in [-0.25, -0.2) is 4.98 Å². The van der Waals surface area contributed by atoms with Gasteiger partial charge in [-0.05, 0) is 35.4 Å². The zero-order valence-corrected chi connectivity index (χ0v) is 13.8. The van der Waals surface area contributed by atoms with Gasteiger partial charge in [0, 0.05) is 41.0 Å². The van der Waals surface area contributed by atoms with Crippen LogP contribution in [0, 0.1) is 0 Å². The van der Waals surface area contributed by atoms with Crippen molar-refractivity contribution >= 4 is 10.9 Å². The fourth-order valence-corrected chi connectivity index (χ4v) is 2.85. The van der Waals surface area contributed by atoms with Crippen molar-refractivity contribution in [3.8, 4) is 17.0 Å². The average molecular weight is 329 g/mol. The van der Waals surface area contributed by atoms with Crippen LogP contribution in [-0.2, 0) is 13.2 Å². The van der Waals surface area contributed by atoms with E-state index in [1.807, 2.05) is 48.7 Å². The van der Waals surface area contributed by atoms with Gasteiger partial charge < -0.3 is 15.5 Å². The minimum Gasteiger partial charge on any atom is -0.473 e. The molecule has 2 heterocycles. The smallest absolute Gasteiger partial charge is 0.213 e. The number of H-pyrrole nitrogens is 1. The Hall–Kier alpha value is -3.11. The Morgan fingerprint density at radius 1 is 0.920 bits per heavy atom. The van der Waals surface area contributed by atoms with Gasteiger partial charge in [-0.2, -0.15) is 0 Å². The maximum absolute atomic E-state index is 5.74. The predicted octanol–water partition coefficient (Wildman–Crippen LogP) is 4.27. The number of aromatic amines is 1. The van der Waals surface area contributed by atoms with Gasteiger partial charge in [0.2, 0.25) is 5.88 Å². The number of nitrogens with two attached hydrogens (primary N) is 1. The molecule has 0 saturated heterocycles. The molecule has 25 heavy (non-hydrogen) atoms. The lowest BCUT2D eigenvalue weighted by Crippen LogP contribution is -1.96. The summed E-state index contributed by atoms with van der Waals surface area (Å²) in [5.41, 5.74) is 11.1. The third-order valence-corrected chi connectivity index (χ3v) is 4.20. The highest BCUT2D eigenvalue weighted by Gasteiger charge is 2.04. The standard InChI is InChI=1S/C21H19N3O/c22-12-19-11-18-10-16(6-8-20(18)24-19)17-7-9-21(23-13-17)25-14-15-4-2-1-3-5-15/h1-11,13,24H,12,14,22H2. The van der Waals surface area contributed by atoms with Crippen molar-refractivity contribution in [1.29, 1.82) is 0 Å². The summed E-state index contributed by atoms with van der Waals surface area (Å²) in [6.45, 7) is 1.03. The second-order valence-electron chi connectivity index (χ2n) is 5.96. The van der Waals surface area contributed by atoms with Crippen molar-refractivity contribution in [2.45, 2.75) is 13.2 Å². The van der Waals surface area contributed by atoms with E-state index in [1.165, 1.54) is 0 Å². The van der Waals surface area contributed by atoms with Crippen LogP contribution in [0.2, 0.25) is 0 Å². The molecule has 3 N–H and O–H groups in total. The molecule has 0 radical (unpaired) electrons. The Morgan fingerprint density at radius 3 is 2.52 bits per heavy atom. The van der Waals surface area contributed by atoms with Crippen LogP contribution in [0.25, 0.3) is 22.0 Å². The van der Waals surface area contributed by atoms with Gasteiger partial charge in [-0.1, -0.05) is 36.4 Å². The Morgan fingerprint density at radius 2 is 1.76 bits per heavy atom. The third kappa shape index (κ3) is 3.39. The molecule has 0 saturated carbocycles. The molecule has 0 fully saturated rings. The van der Waals surface area contributed by atoms with Crippen molar-refractivity contribution in [3.05, 3.63) is 84.2 Å². The van der Waals surface area contributed by atoms with Gasteiger partial charge in [-0.15, -0.1) is 0 Å². The van der Waals surface area contributed by atoms with Gasteiger partial charge in [0.25, 0.3) is 0 Å². The number of ether oxygens (including phenoxy) is 1. The number of benzene rings is 2. The molecule has 0 aliphatic carbocycles. The second kappa shape index (κ2) is 6.79. The predicted molar refractivity (Wildman–Crippen MR) is 100 cm³/mol. The van der Waals surface area contributed by atoms with Crippen molar-refractivity contribution in [1.82, 2.24) is 9.97 Å². The highest BCUT2D eigenvalue weighted by molar-refractivity contribution is 5.85. The Labute approximate surface area is 146 Å². The van der Waals surface area contributed by atoms with Gasteiger partial charge in [0.15, 0.2) is 0 Å². The number of rotatable bonds is 5. The van der Waals surface area contributed by atoms with Crippen LogP contribution in [-0.4, -0.2) is 9.97 Å². The summed E-state index contributed by atoms with van der Waals surface area (Å²) in [4.78, 5) is 7.73. The molecule has 124 valence electrons. The molecular weight excluding hydrogens is 310 g/mol. The van der Waals surface area contributed by atoms with Crippen molar-refractivity contribution in [2.75, 3.05) is 0 Å². The van der Waals surface area contributed by atoms with E-state index >= 15 is 0 Å². The SMILES string of the molecule is NCc1cc2cc(-c3ccc(OCc4ccccc4)nc3)ccc2[nH]1. The Kier molecular flexibility index (Phi) is 4.19. The van der Waals surface area contributed by atoms with Crippen LogP contribution in [0.3, 0.4) is 0 Å². The Bertz CT molecular complexity index is 975. The molecule has 4 heteroatoms. The van der Waals surface area contributed by atoms with Crippen LogP contribution in [0.4, 0.5) is 0 Å². The van der Waals surface area contributed by atoms with E-state index in [2.05, 4.69) is 34.2 Å². The first kappa shape index (κ1) is 15.4. The molecular formula is C21H19N3O. The quantitative estimate of drug-likeness (QED) is 0.575. The fourth-order valence-electron chi connectivity index (χ4n) is 2.85. The van der Waals surface area contributed by atoms with Crippen LogP contribution < -0.4 is 10.5 Å². The largest absolute Gasteiger partial charge is 0.473 e. The molecule has 4 nitrogen and oxygen atoms in total. The maximum atomic E-state index is 5.74. The lowest BCUT2D eigenvalue weighted by atomic mass is 10.1. The zero-order valence-electron chi connectivity index (χ0n) is 13.8. The summed E-state index contributed by atoms with van der Waals surface area (Å²) >= 11 is 0. The van der Waals surface area contributed by atoms with E-state index in [1.54, 1.807) is 0 Å². The molecule has 4 rings (SSSR count). The number of nitrogens with zero attached hydrogens (tertiary/aromatic N) is 1. The number of pyridine rings is 1. The molecule has 0 amide bonds. The highest BCUT2D eigenvalue weighted by Crippen LogP contribution is 2.25. The van der Waals surface area contributed by atoms with E-state index in [0.29, 0.717) is 19.0 Å². The minimum absolute atomic E-state index is 0.513. The molecule has 0 bridgehead atoms. The van der Waals surface area contributed by atoms with Gasteiger partial charge in [0.05, 0.1) is 0 Å². The minimum atomic E-state index is 0.513. The number of nitrogens with one attached hydrogen (secondary N) is 1. The molecule has 2 aromatic heterocycles. The van der Waals surface area contributed by atoms with Crippen LogP contribution in [0.1, 0.15) is 11.3 Å². The normalized spacial score (nSPS) is 10.9. The molecule has 0 spiro atoms. The summed E-state index contributed by atoms with van der Waals surface area (Å²) in [5.74, 6) is 0.626. The molecule has 2 aromatic carbocycles. The summed E-state index contributed by atoms with van der Waals surface area (Å²) in [6.07, 6.45) is 1.85. The lowest BCUT2D eigenvalue weighted by molar-refractivity contribution is 0.294. The van der Waals surface area contributed by atoms with E-state index in [-0.39, 0.29) is 0 Å². The second-order valence-corrected chi connectivity index (χ2v) is 5.96. The van der Waals surface area contributed by atoms with E-state index in [0.717, 1.165) is 33.3 Å². The van der Waals surface area contributed by atoms with Gasteiger partial charge in [0.1, 0.15) is 6.61 Å². The van der Waals surface area contributed by atoms with E-state index in [9.17, 15) is 0 Å².